The van der Waals surface area contributed by atoms with Crippen LogP contribution in [0.4, 0.5) is 0 Å². The van der Waals surface area contributed by atoms with Gasteiger partial charge >= 0.3 is 5.97 Å². The number of carbonyl (C=O) groups is 1. The van der Waals surface area contributed by atoms with Gasteiger partial charge in [-0.15, -0.1) is 0 Å². The second kappa shape index (κ2) is 5.01. The molecule has 1 fully saturated rings. The van der Waals surface area contributed by atoms with Crippen LogP contribution in [0.25, 0.3) is 10.9 Å². The summed E-state index contributed by atoms with van der Waals surface area (Å²) in [7, 11) is 0. The molecule has 2 aromatic rings. The van der Waals surface area contributed by atoms with Crippen LogP contribution in [0.1, 0.15) is 18.5 Å². The lowest BCUT2D eigenvalue weighted by Gasteiger charge is -2.25. The maximum atomic E-state index is 11.6. The number of aromatic nitrogens is 2. The summed E-state index contributed by atoms with van der Waals surface area (Å²) in [5.74, 6) is 0.211. The van der Waals surface area contributed by atoms with Crippen LogP contribution in [0.5, 0.6) is 0 Å². The minimum atomic E-state index is -0.242. The fourth-order valence-corrected chi connectivity index (χ4v) is 2.39. The van der Waals surface area contributed by atoms with Crippen molar-refractivity contribution in [1.82, 2.24) is 15.1 Å². The molecule has 0 radical (unpaired) electrons. The number of hydrogen-bond donors (Lipinski definition) is 1. The molecule has 0 spiro atoms. The van der Waals surface area contributed by atoms with Crippen LogP contribution in [0.15, 0.2) is 24.3 Å². The molecule has 1 aliphatic heterocycles. The Labute approximate surface area is 111 Å². The molecular formula is C14H17N3O2. The lowest BCUT2D eigenvalue weighted by Crippen LogP contribution is -2.40. The van der Waals surface area contributed by atoms with Gasteiger partial charge in [0.25, 0.3) is 0 Å². The van der Waals surface area contributed by atoms with Crippen molar-refractivity contribution in [3.8, 4) is 0 Å². The third-order valence-electron chi connectivity index (χ3n) is 3.44. The first kappa shape index (κ1) is 12.2. The normalized spacial score (nSPS) is 15.4. The van der Waals surface area contributed by atoms with E-state index in [2.05, 4.69) is 16.5 Å². The third kappa shape index (κ3) is 2.21. The Morgan fingerprint density at radius 1 is 1.47 bits per heavy atom. The Morgan fingerprint density at radius 2 is 2.26 bits per heavy atom. The Balaban J connectivity index is 1.97. The summed E-state index contributed by atoms with van der Waals surface area (Å²) in [5.41, 5.74) is 2.08. The zero-order chi connectivity index (χ0) is 13.2. The van der Waals surface area contributed by atoms with Gasteiger partial charge in [-0.25, -0.2) is 0 Å². The summed E-state index contributed by atoms with van der Waals surface area (Å²) >= 11 is 0. The molecule has 0 aliphatic carbocycles. The second-order valence-corrected chi connectivity index (χ2v) is 4.72. The van der Waals surface area contributed by atoms with E-state index >= 15 is 0 Å². The molecule has 5 heteroatoms. The molecule has 100 valence electrons. The van der Waals surface area contributed by atoms with Gasteiger partial charge in [0.05, 0.1) is 17.8 Å². The maximum absolute atomic E-state index is 11.6. The molecule has 0 atom stereocenters. The van der Waals surface area contributed by atoms with E-state index in [1.807, 2.05) is 25.1 Å². The highest BCUT2D eigenvalue weighted by atomic mass is 16.5. The molecule has 0 unspecified atom stereocenters. The number of benzene rings is 1. The predicted molar refractivity (Wildman–Crippen MR) is 72.0 cm³/mol. The molecule has 3 rings (SSSR count). The minimum Gasteiger partial charge on any atom is -0.465 e. The van der Waals surface area contributed by atoms with Crippen LogP contribution in [0, 0.1) is 0 Å². The molecule has 0 saturated carbocycles. The number of hydrogen-bond acceptors (Lipinski definition) is 4. The number of rotatable bonds is 4. The predicted octanol–water partition coefficient (Wildman–Crippen LogP) is 1.29. The highest BCUT2D eigenvalue weighted by molar-refractivity contribution is 5.84. The van der Waals surface area contributed by atoms with Crippen molar-refractivity contribution in [2.45, 2.75) is 19.4 Å². The average molecular weight is 259 g/mol. The molecule has 1 N–H and O–H groups in total. The summed E-state index contributed by atoms with van der Waals surface area (Å²) in [6.07, 6.45) is 0. The number of para-hydroxylation sites is 1. The Hall–Kier alpha value is -1.88. The Bertz CT molecular complexity index is 602. The van der Waals surface area contributed by atoms with Gasteiger partial charge in [0.15, 0.2) is 0 Å². The van der Waals surface area contributed by atoms with E-state index in [1.54, 1.807) is 4.68 Å². The monoisotopic (exact) mass is 259 g/mol. The van der Waals surface area contributed by atoms with Crippen molar-refractivity contribution in [1.29, 1.82) is 0 Å². The first-order valence-corrected chi connectivity index (χ1v) is 6.61. The summed E-state index contributed by atoms with van der Waals surface area (Å²) in [6.45, 7) is 4.30. The molecule has 0 bridgehead atoms. The summed E-state index contributed by atoms with van der Waals surface area (Å²) in [5, 5.41) is 9.00. The van der Waals surface area contributed by atoms with Gasteiger partial charge in [-0.2, -0.15) is 5.10 Å². The first-order chi connectivity index (χ1) is 9.29. The quantitative estimate of drug-likeness (QED) is 0.841. The van der Waals surface area contributed by atoms with Crippen LogP contribution in [0.2, 0.25) is 0 Å². The van der Waals surface area contributed by atoms with E-state index in [1.165, 1.54) is 0 Å². The molecule has 1 saturated heterocycles. The van der Waals surface area contributed by atoms with Crippen molar-refractivity contribution in [2.75, 3.05) is 19.7 Å². The molecule has 1 aromatic carbocycles. The van der Waals surface area contributed by atoms with E-state index in [0.29, 0.717) is 12.5 Å². The van der Waals surface area contributed by atoms with E-state index < -0.39 is 0 Å². The van der Waals surface area contributed by atoms with Crippen LogP contribution in [-0.2, 0) is 16.1 Å². The van der Waals surface area contributed by atoms with Gasteiger partial charge < -0.3 is 10.1 Å². The largest absolute Gasteiger partial charge is 0.465 e. The SMILES string of the molecule is CCOC(=O)Cn1nc(C2CNC2)c2ccccc21. The average Bonchev–Trinajstić information content (AvgIpc) is 2.67. The molecule has 1 aromatic heterocycles. The van der Waals surface area contributed by atoms with E-state index in [-0.39, 0.29) is 12.5 Å². The second-order valence-electron chi connectivity index (χ2n) is 4.72. The highest BCUT2D eigenvalue weighted by Gasteiger charge is 2.25. The maximum Gasteiger partial charge on any atom is 0.327 e. The van der Waals surface area contributed by atoms with Gasteiger partial charge in [-0.05, 0) is 13.0 Å². The van der Waals surface area contributed by atoms with Crippen LogP contribution in [-0.4, -0.2) is 35.4 Å². The lowest BCUT2D eigenvalue weighted by molar-refractivity contribution is -0.143. The van der Waals surface area contributed by atoms with Crippen molar-refractivity contribution in [3.05, 3.63) is 30.0 Å². The molecule has 1 aliphatic rings. The Morgan fingerprint density at radius 3 is 2.95 bits per heavy atom. The number of carbonyl (C=O) groups excluding carboxylic acids is 1. The number of nitrogens with one attached hydrogen (secondary N) is 1. The smallest absolute Gasteiger partial charge is 0.327 e. The zero-order valence-corrected chi connectivity index (χ0v) is 10.9. The molecule has 2 heterocycles. The van der Waals surface area contributed by atoms with Crippen molar-refractivity contribution < 1.29 is 9.53 Å². The van der Waals surface area contributed by atoms with Gasteiger partial charge in [0, 0.05) is 24.4 Å². The molecule has 5 nitrogen and oxygen atoms in total. The lowest BCUT2D eigenvalue weighted by atomic mass is 9.97. The molecule has 19 heavy (non-hydrogen) atoms. The summed E-state index contributed by atoms with van der Waals surface area (Å²) in [4.78, 5) is 11.6. The van der Waals surface area contributed by atoms with E-state index in [9.17, 15) is 4.79 Å². The van der Waals surface area contributed by atoms with Gasteiger partial charge in [0.2, 0.25) is 0 Å². The van der Waals surface area contributed by atoms with Crippen molar-refractivity contribution in [3.63, 3.8) is 0 Å². The zero-order valence-electron chi connectivity index (χ0n) is 10.9. The first-order valence-electron chi connectivity index (χ1n) is 6.61. The number of esters is 1. The topological polar surface area (TPSA) is 56.2 Å². The van der Waals surface area contributed by atoms with Gasteiger partial charge in [0.1, 0.15) is 6.54 Å². The molecule has 0 amide bonds. The number of nitrogens with zero attached hydrogens (tertiary/aromatic N) is 2. The van der Waals surface area contributed by atoms with Crippen LogP contribution < -0.4 is 5.32 Å². The summed E-state index contributed by atoms with van der Waals surface area (Å²) < 4.78 is 6.74. The molecular weight excluding hydrogens is 242 g/mol. The Kier molecular flexibility index (Phi) is 3.21. The van der Waals surface area contributed by atoms with Gasteiger partial charge in [-0.3, -0.25) is 9.48 Å². The van der Waals surface area contributed by atoms with Crippen molar-refractivity contribution >= 4 is 16.9 Å². The summed E-state index contributed by atoms with van der Waals surface area (Å²) in [6, 6.07) is 8.04. The fraction of sp³-hybridized carbons (Fsp3) is 0.429. The highest BCUT2D eigenvalue weighted by Crippen LogP contribution is 2.27. The van der Waals surface area contributed by atoms with E-state index in [4.69, 9.17) is 4.74 Å². The third-order valence-corrected chi connectivity index (χ3v) is 3.44. The van der Waals surface area contributed by atoms with Crippen LogP contribution in [0.3, 0.4) is 0 Å². The minimum absolute atomic E-state index is 0.175. The number of fused-ring (bicyclic) bond motifs is 1. The fourth-order valence-electron chi connectivity index (χ4n) is 2.39. The standard InChI is InChI=1S/C14H17N3O2/c1-2-19-13(18)9-17-12-6-4-3-5-11(12)14(16-17)10-7-15-8-10/h3-6,10,15H,2,7-9H2,1H3. The van der Waals surface area contributed by atoms with Crippen LogP contribution >= 0.6 is 0 Å². The van der Waals surface area contributed by atoms with E-state index in [0.717, 1.165) is 29.7 Å². The van der Waals surface area contributed by atoms with Gasteiger partial charge in [-0.1, -0.05) is 18.2 Å². The van der Waals surface area contributed by atoms with Crippen molar-refractivity contribution in [2.24, 2.45) is 0 Å². The number of ether oxygens (including phenoxy) is 1.